The van der Waals surface area contributed by atoms with Gasteiger partial charge in [0.1, 0.15) is 11.6 Å². The number of nitrogens with one attached hydrogen (secondary N) is 1. The molecule has 112 valence electrons. The van der Waals surface area contributed by atoms with E-state index in [-0.39, 0.29) is 23.0 Å². The average molecular weight is 295 g/mol. The molecule has 2 N–H and O–H groups in total. The molecule has 2 nitrogen and oxygen atoms in total. The van der Waals surface area contributed by atoms with E-state index in [4.69, 9.17) is 0 Å². The monoisotopic (exact) mass is 295 g/mol. The van der Waals surface area contributed by atoms with E-state index in [9.17, 15) is 9.50 Å². The molecule has 3 aliphatic rings. The van der Waals surface area contributed by atoms with Gasteiger partial charge in [0, 0.05) is 28.3 Å². The van der Waals surface area contributed by atoms with E-state index in [2.05, 4.69) is 38.2 Å². The van der Waals surface area contributed by atoms with Gasteiger partial charge < -0.3 is 10.4 Å². The van der Waals surface area contributed by atoms with Crippen LogP contribution in [0, 0.1) is 11.7 Å². The summed E-state index contributed by atoms with van der Waals surface area (Å²) >= 11 is 0. The summed E-state index contributed by atoms with van der Waals surface area (Å²) < 4.78 is 13.5. The van der Waals surface area contributed by atoms with Crippen LogP contribution in [0.15, 0.2) is 53.3 Å². The Morgan fingerprint density at radius 1 is 1.23 bits per heavy atom. The Balaban J connectivity index is 1.92. The van der Waals surface area contributed by atoms with Crippen LogP contribution in [0.5, 0.6) is 0 Å². The molecule has 3 heteroatoms. The van der Waals surface area contributed by atoms with E-state index in [1.165, 1.54) is 17.7 Å². The SMILES string of the molecule is CC1=CC(C)(C)NC2=CC3=C(O)c4cc(F)ccc4C3=CC12. The summed E-state index contributed by atoms with van der Waals surface area (Å²) in [5.74, 6) is 0.0274. The molecule has 1 aromatic rings. The zero-order valence-electron chi connectivity index (χ0n) is 12.9. The number of benzene rings is 1. The highest BCUT2D eigenvalue weighted by Crippen LogP contribution is 2.47. The van der Waals surface area contributed by atoms with Crippen molar-refractivity contribution in [1.29, 1.82) is 0 Å². The van der Waals surface area contributed by atoms with Gasteiger partial charge in [0.2, 0.25) is 0 Å². The highest BCUT2D eigenvalue weighted by Gasteiger charge is 2.35. The third-order valence-corrected chi connectivity index (χ3v) is 4.59. The summed E-state index contributed by atoms with van der Waals surface area (Å²) in [6, 6.07) is 4.59. The lowest BCUT2D eigenvalue weighted by Gasteiger charge is -2.37. The van der Waals surface area contributed by atoms with Gasteiger partial charge in [-0.3, -0.25) is 0 Å². The Bertz CT molecular complexity index is 824. The normalized spacial score (nSPS) is 24.5. The largest absolute Gasteiger partial charge is 0.507 e. The quantitative estimate of drug-likeness (QED) is 0.698. The Labute approximate surface area is 129 Å². The minimum absolute atomic E-state index is 0.106. The van der Waals surface area contributed by atoms with Crippen LogP contribution in [0.4, 0.5) is 4.39 Å². The molecule has 0 fully saturated rings. The molecule has 2 aliphatic carbocycles. The van der Waals surface area contributed by atoms with E-state index < -0.39 is 0 Å². The van der Waals surface area contributed by atoms with Crippen LogP contribution in [0.3, 0.4) is 0 Å². The molecule has 1 heterocycles. The van der Waals surface area contributed by atoms with E-state index >= 15 is 0 Å². The van der Waals surface area contributed by atoms with Crippen LogP contribution in [-0.2, 0) is 0 Å². The van der Waals surface area contributed by atoms with Crippen molar-refractivity contribution >= 4 is 11.3 Å². The number of hydrogen-bond donors (Lipinski definition) is 2. The highest BCUT2D eigenvalue weighted by molar-refractivity contribution is 6.01. The predicted molar refractivity (Wildman–Crippen MR) is 86.5 cm³/mol. The molecule has 1 aromatic carbocycles. The fraction of sp³-hybridized carbons (Fsp3) is 0.263. The molecule has 1 aliphatic heterocycles. The van der Waals surface area contributed by atoms with Crippen molar-refractivity contribution in [3.8, 4) is 0 Å². The first kappa shape index (κ1) is 13.4. The maximum absolute atomic E-state index is 13.5. The molecule has 0 saturated heterocycles. The number of aliphatic hydroxyl groups excluding tert-OH is 1. The zero-order chi connectivity index (χ0) is 15.6. The van der Waals surface area contributed by atoms with Crippen molar-refractivity contribution in [3.63, 3.8) is 0 Å². The maximum atomic E-state index is 13.5. The Morgan fingerprint density at radius 2 is 2.00 bits per heavy atom. The Hall–Kier alpha value is -2.29. The minimum atomic E-state index is -0.328. The summed E-state index contributed by atoms with van der Waals surface area (Å²) in [5.41, 5.74) is 5.53. The van der Waals surface area contributed by atoms with Gasteiger partial charge in [-0.2, -0.15) is 0 Å². The summed E-state index contributed by atoms with van der Waals surface area (Å²) in [5, 5.41) is 14.0. The molecule has 0 aromatic heterocycles. The lowest BCUT2D eigenvalue weighted by Crippen LogP contribution is -2.43. The van der Waals surface area contributed by atoms with Crippen molar-refractivity contribution in [2.24, 2.45) is 5.92 Å². The second-order valence-corrected chi connectivity index (χ2v) is 6.84. The molecule has 0 bridgehead atoms. The van der Waals surface area contributed by atoms with Gasteiger partial charge in [-0.25, -0.2) is 4.39 Å². The second kappa shape index (κ2) is 4.13. The summed E-state index contributed by atoms with van der Waals surface area (Å²) in [7, 11) is 0. The zero-order valence-corrected chi connectivity index (χ0v) is 12.9. The third-order valence-electron chi connectivity index (χ3n) is 4.59. The molecule has 0 radical (unpaired) electrons. The fourth-order valence-electron chi connectivity index (χ4n) is 3.75. The van der Waals surface area contributed by atoms with Gasteiger partial charge in [-0.1, -0.05) is 23.8 Å². The van der Waals surface area contributed by atoms with Gasteiger partial charge in [0.25, 0.3) is 0 Å². The van der Waals surface area contributed by atoms with Gasteiger partial charge in [0.15, 0.2) is 0 Å². The first-order valence-corrected chi connectivity index (χ1v) is 7.50. The van der Waals surface area contributed by atoms with Gasteiger partial charge in [-0.15, -0.1) is 0 Å². The minimum Gasteiger partial charge on any atom is -0.507 e. The van der Waals surface area contributed by atoms with Crippen LogP contribution in [-0.4, -0.2) is 10.6 Å². The maximum Gasteiger partial charge on any atom is 0.131 e. The van der Waals surface area contributed by atoms with Gasteiger partial charge in [-0.05, 0) is 50.1 Å². The van der Waals surface area contributed by atoms with E-state index in [0.29, 0.717) is 5.56 Å². The summed E-state index contributed by atoms with van der Waals surface area (Å²) in [6.45, 7) is 6.38. The Morgan fingerprint density at radius 3 is 2.77 bits per heavy atom. The van der Waals surface area contributed by atoms with E-state index in [1.54, 1.807) is 6.07 Å². The first-order valence-electron chi connectivity index (χ1n) is 7.50. The van der Waals surface area contributed by atoms with Crippen molar-refractivity contribution in [2.45, 2.75) is 26.3 Å². The number of allylic oxidation sites excluding steroid dienone is 4. The fourth-order valence-corrected chi connectivity index (χ4v) is 3.75. The molecule has 1 atom stereocenters. The number of aliphatic hydroxyl groups is 1. The van der Waals surface area contributed by atoms with Crippen molar-refractivity contribution in [2.75, 3.05) is 0 Å². The van der Waals surface area contributed by atoms with Crippen LogP contribution in [0.1, 0.15) is 31.9 Å². The van der Waals surface area contributed by atoms with Gasteiger partial charge >= 0.3 is 0 Å². The van der Waals surface area contributed by atoms with E-state index in [0.717, 1.165) is 22.4 Å². The average Bonchev–Trinajstić information content (AvgIpc) is 2.69. The lowest BCUT2D eigenvalue weighted by molar-refractivity contribution is 0.476. The molecule has 0 saturated carbocycles. The van der Waals surface area contributed by atoms with Crippen LogP contribution >= 0.6 is 0 Å². The molecule has 0 amide bonds. The van der Waals surface area contributed by atoms with Crippen molar-refractivity contribution in [3.05, 3.63) is 70.2 Å². The smallest absolute Gasteiger partial charge is 0.131 e. The second-order valence-electron chi connectivity index (χ2n) is 6.84. The standard InChI is InChI=1S/C19H18FNO/c1-10-9-19(2,3)21-17-8-16-14(7-13(10)17)12-5-4-11(20)6-15(12)18(16)22/h4-9,13,21-22H,1-3H3. The molecule has 0 spiro atoms. The lowest BCUT2D eigenvalue weighted by atomic mass is 9.80. The highest BCUT2D eigenvalue weighted by atomic mass is 19.1. The molecular formula is C19H18FNO. The van der Waals surface area contributed by atoms with E-state index in [1.807, 2.05) is 6.08 Å². The van der Waals surface area contributed by atoms with Crippen LogP contribution in [0.25, 0.3) is 11.3 Å². The Kier molecular flexibility index (Phi) is 2.51. The molecular weight excluding hydrogens is 277 g/mol. The van der Waals surface area contributed by atoms with Gasteiger partial charge in [0.05, 0.1) is 0 Å². The summed E-state index contributed by atoms with van der Waals surface area (Å²) in [6.07, 6.45) is 6.41. The number of fused-ring (bicyclic) bond motifs is 4. The predicted octanol–water partition coefficient (Wildman–Crippen LogP) is 4.33. The third kappa shape index (κ3) is 1.78. The molecule has 1 unspecified atom stereocenters. The van der Waals surface area contributed by atoms with Crippen molar-refractivity contribution in [1.82, 2.24) is 5.32 Å². The number of halogens is 1. The molecule has 22 heavy (non-hydrogen) atoms. The first-order chi connectivity index (χ1) is 10.4. The topological polar surface area (TPSA) is 32.3 Å². The number of hydrogen-bond acceptors (Lipinski definition) is 2. The van der Waals surface area contributed by atoms with Crippen LogP contribution < -0.4 is 5.32 Å². The van der Waals surface area contributed by atoms with Crippen molar-refractivity contribution < 1.29 is 9.50 Å². The number of rotatable bonds is 0. The summed E-state index contributed by atoms with van der Waals surface area (Å²) in [4.78, 5) is 0. The van der Waals surface area contributed by atoms with Crippen LogP contribution in [0.2, 0.25) is 0 Å². The molecule has 4 rings (SSSR count).